The molecule has 0 aliphatic carbocycles. The Morgan fingerprint density at radius 3 is 2.50 bits per heavy atom. The summed E-state index contributed by atoms with van der Waals surface area (Å²) < 4.78 is 12.7. The van der Waals surface area contributed by atoms with Gasteiger partial charge < -0.3 is 19.8 Å². The van der Waals surface area contributed by atoms with E-state index in [0.717, 1.165) is 41.3 Å². The van der Waals surface area contributed by atoms with Crippen LogP contribution in [-0.2, 0) is 6.54 Å². The van der Waals surface area contributed by atoms with Crippen molar-refractivity contribution in [3.8, 4) is 11.5 Å². The molecule has 26 heavy (non-hydrogen) atoms. The van der Waals surface area contributed by atoms with Crippen molar-refractivity contribution in [2.24, 2.45) is 0 Å². The molecule has 0 spiro atoms. The molecule has 8 heteroatoms. The van der Waals surface area contributed by atoms with Crippen LogP contribution >= 0.6 is 11.8 Å². The molecular weight excluding hydrogens is 350 g/mol. The predicted octanol–water partition coefficient (Wildman–Crippen LogP) is 3.37. The summed E-state index contributed by atoms with van der Waals surface area (Å²) in [4.78, 5) is 13.4. The number of aromatic nitrogens is 4. The maximum atomic E-state index is 6.08. The molecule has 7 nitrogen and oxygen atoms in total. The lowest BCUT2D eigenvalue weighted by atomic mass is 10.2. The van der Waals surface area contributed by atoms with Crippen molar-refractivity contribution >= 4 is 28.7 Å². The standard InChI is InChI=1S/C18H23N5O2S/c1-4-5-6-26-18-21-16(19)15-17(22-18)23(11-20-15)10-12-7-13(24-2)9-14(8-12)25-3/h7-9,11H,4-6,10H2,1-3H3,(H2,19,21,22). The molecule has 3 aromatic rings. The van der Waals surface area contributed by atoms with Crippen LogP contribution in [0, 0.1) is 0 Å². The van der Waals surface area contributed by atoms with Crippen LogP contribution in [0.4, 0.5) is 5.82 Å². The molecule has 0 saturated heterocycles. The molecule has 2 aromatic heterocycles. The molecule has 0 unspecified atom stereocenters. The molecule has 0 atom stereocenters. The zero-order chi connectivity index (χ0) is 18.5. The SMILES string of the molecule is CCCCSc1nc(N)c2ncn(Cc3cc(OC)cc(OC)c3)c2n1. The highest BCUT2D eigenvalue weighted by Crippen LogP contribution is 2.26. The Labute approximate surface area is 156 Å². The van der Waals surface area contributed by atoms with Gasteiger partial charge in [0, 0.05) is 11.8 Å². The third kappa shape index (κ3) is 4.01. The number of unbranched alkanes of at least 4 members (excludes halogenated alkanes) is 1. The molecule has 138 valence electrons. The lowest BCUT2D eigenvalue weighted by Crippen LogP contribution is -2.03. The first-order valence-electron chi connectivity index (χ1n) is 8.47. The Morgan fingerprint density at radius 1 is 1.12 bits per heavy atom. The molecule has 0 bridgehead atoms. The van der Waals surface area contributed by atoms with Crippen molar-refractivity contribution in [2.75, 3.05) is 25.7 Å². The fourth-order valence-electron chi connectivity index (χ4n) is 2.59. The summed E-state index contributed by atoms with van der Waals surface area (Å²) in [7, 11) is 3.28. The van der Waals surface area contributed by atoms with Gasteiger partial charge in [0.1, 0.15) is 17.0 Å². The average molecular weight is 373 g/mol. The summed E-state index contributed by atoms with van der Waals surface area (Å²) in [5, 5.41) is 0.688. The molecule has 1 aromatic carbocycles. The van der Waals surface area contributed by atoms with Crippen LogP contribution in [-0.4, -0.2) is 39.5 Å². The van der Waals surface area contributed by atoms with Gasteiger partial charge in [0.15, 0.2) is 16.6 Å². The van der Waals surface area contributed by atoms with Gasteiger partial charge in [-0.3, -0.25) is 0 Å². The first-order valence-corrected chi connectivity index (χ1v) is 9.46. The van der Waals surface area contributed by atoms with Crippen molar-refractivity contribution in [2.45, 2.75) is 31.5 Å². The predicted molar refractivity (Wildman–Crippen MR) is 104 cm³/mol. The molecular formula is C18H23N5O2S. The van der Waals surface area contributed by atoms with E-state index in [4.69, 9.17) is 15.2 Å². The van der Waals surface area contributed by atoms with Crippen LogP contribution in [0.5, 0.6) is 11.5 Å². The summed E-state index contributed by atoms with van der Waals surface area (Å²) in [5.41, 5.74) is 8.46. The van der Waals surface area contributed by atoms with Gasteiger partial charge >= 0.3 is 0 Å². The highest BCUT2D eigenvalue weighted by molar-refractivity contribution is 7.99. The number of fused-ring (bicyclic) bond motifs is 1. The van der Waals surface area contributed by atoms with Gasteiger partial charge in [-0.25, -0.2) is 15.0 Å². The second-order valence-electron chi connectivity index (χ2n) is 5.86. The summed E-state index contributed by atoms with van der Waals surface area (Å²) in [6.07, 6.45) is 4.00. The minimum absolute atomic E-state index is 0.413. The van der Waals surface area contributed by atoms with Gasteiger partial charge in [0.2, 0.25) is 0 Å². The van der Waals surface area contributed by atoms with Crippen LogP contribution in [0.15, 0.2) is 29.7 Å². The van der Waals surface area contributed by atoms with E-state index >= 15 is 0 Å². The maximum absolute atomic E-state index is 6.08. The van der Waals surface area contributed by atoms with E-state index in [2.05, 4.69) is 21.9 Å². The van der Waals surface area contributed by atoms with E-state index in [1.165, 1.54) is 0 Å². The Kier molecular flexibility index (Phi) is 5.82. The summed E-state index contributed by atoms with van der Waals surface area (Å²) in [6.45, 7) is 2.75. The quantitative estimate of drug-likeness (QED) is 0.368. The van der Waals surface area contributed by atoms with E-state index in [-0.39, 0.29) is 0 Å². The highest BCUT2D eigenvalue weighted by atomic mass is 32.2. The zero-order valence-electron chi connectivity index (χ0n) is 15.2. The van der Waals surface area contributed by atoms with E-state index < -0.39 is 0 Å². The second-order valence-corrected chi connectivity index (χ2v) is 6.92. The van der Waals surface area contributed by atoms with Gasteiger partial charge in [0.25, 0.3) is 0 Å². The number of ether oxygens (including phenoxy) is 2. The average Bonchev–Trinajstić information content (AvgIpc) is 3.05. The lowest BCUT2D eigenvalue weighted by molar-refractivity contribution is 0.393. The minimum atomic E-state index is 0.413. The number of hydrogen-bond donors (Lipinski definition) is 1. The summed E-state index contributed by atoms with van der Waals surface area (Å²) in [6, 6.07) is 5.78. The number of imidazole rings is 1. The first kappa shape index (κ1) is 18.3. The minimum Gasteiger partial charge on any atom is -0.497 e. The lowest BCUT2D eigenvalue weighted by Gasteiger charge is -2.10. The van der Waals surface area contributed by atoms with Crippen molar-refractivity contribution in [3.63, 3.8) is 0 Å². The Morgan fingerprint density at radius 2 is 1.85 bits per heavy atom. The number of nitrogen functional groups attached to an aromatic ring is 1. The Bertz CT molecular complexity index is 874. The van der Waals surface area contributed by atoms with Crippen LogP contribution in [0.25, 0.3) is 11.2 Å². The fourth-order valence-corrected chi connectivity index (χ4v) is 3.52. The Hall–Kier alpha value is -2.48. The fraction of sp³-hybridized carbons (Fsp3) is 0.389. The smallest absolute Gasteiger partial charge is 0.191 e. The van der Waals surface area contributed by atoms with Gasteiger partial charge in [-0.2, -0.15) is 0 Å². The highest BCUT2D eigenvalue weighted by Gasteiger charge is 2.13. The van der Waals surface area contributed by atoms with Crippen LogP contribution in [0.2, 0.25) is 0 Å². The van der Waals surface area contributed by atoms with E-state index in [9.17, 15) is 0 Å². The zero-order valence-corrected chi connectivity index (χ0v) is 16.0. The molecule has 0 fully saturated rings. The van der Waals surface area contributed by atoms with E-state index in [1.54, 1.807) is 32.3 Å². The monoisotopic (exact) mass is 373 g/mol. The van der Waals surface area contributed by atoms with Crippen molar-refractivity contribution in [1.29, 1.82) is 0 Å². The van der Waals surface area contributed by atoms with Crippen LogP contribution < -0.4 is 15.2 Å². The normalized spacial score (nSPS) is 11.0. The number of methoxy groups -OCH3 is 2. The number of hydrogen-bond acceptors (Lipinski definition) is 7. The number of benzene rings is 1. The molecule has 0 aliphatic rings. The van der Waals surface area contributed by atoms with Gasteiger partial charge in [-0.05, 0) is 24.1 Å². The molecule has 2 N–H and O–H groups in total. The van der Waals surface area contributed by atoms with Crippen molar-refractivity contribution in [1.82, 2.24) is 19.5 Å². The largest absolute Gasteiger partial charge is 0.497 e. The van der Waals surface area contributed by atoms with Gasteiger partial charge in [-0.1, -0.05) is 25.1 Å². The molecule has 2 heterocycles. The van der Waals surface area contributed by atoms with Gasteiger partial charge in [-0.15, -0.1) is 0 Å². The maximum Gasteiger partial charge on any atom is 0.191 e. The number of thioether (sulfide) groups is 1. The summed E-state index contributed by atoms with van der Waals surface area (Å²) in [5.74, 6) is 2.88. The molecule has 0 radical (unpaired) electrons. The number of anilines is 1. The van der Waals surface area contributed by atoms with Crippen molar-refractivity contribution < 1.29 is 9.47 Å². The third-order valence-electron chi connectivity index (χ3n) is 3.96. The third-order valence-corrected chi connectivity index (χ3v) is 4.90. The van der Waals surface area contributed by atoms with Crippen molar-refractivity contribution in [3.05, 3.63) is 30.1 Å². The number of rotatable bonds is 8. The first-order chi connectivity index (χ1) is 12.6. The number of nitrogens with two attached hydrogens (primary N) is 1. The Balaban J connectivity index is 1.92. The molecule has 3 rings (SSSR count). The van der Waals surface area contributed by atoms with E-state index in [1.807, 2.05) is 22.8 Å². The van der Waals surface area contributed by atoms with Crippen LogP contribution in [0.1, 0.15) is 25.3 Å². The summed E-state index contributed by atoms with van der Waals surface area (Å²) >= 11 is 1.62. The van der Waals surface area contributed by atoms with E-state index in [0.29, 0.717) is 23.0 Å². The second kappa shape index (κ2) is 8.27. The topological polar surface area (TPSA) is 88.1 Å². The molecule has 0 saturated carbocycles. The molecule has 0 aliphatic heterocycles. The van der Waals surface area contributed by atoms with Gasteiger partial charge in [0.05, 0.1) is 27.1 Å². The van der Waals surface area contributed by atoms with Crippen LogP contribution in [0.3, 0.4) is 0 Å². The molecule has 0 amide bonds. The number of nitrogens with zero attached hydrogens (tertiary/aromatic N) is 4.